The number of hydrogen-bond acceptors (Lipinski definition) is 4. The zero-order valence-electron chi connectivity index (χ0n) is 27.4. The number of para-hydroxylation sites is 1. The summed E-state index contributed by atoms with van der Waals surface area (Å²) in [5.74, 6) is 2.19. The van der Waals surface area contributed by atoms with Gasteiger partial charge in [0.05, 0.1) is 5.52 Å². The van der Waals surface area contributed by atoms with Crippen molar-refractivity contribution in [3.05, 3.63) is 168 Å². The summed E-state index contributed by atoms with van der Waals surface area (Å²) in [4.78, 5) is 20.6. The number of hydrogen-bond donors (Lipinski definition) is 0. The maximum absolute atomic E-state index is 5.32. The van der Waals surface area contributed by atoms with E-state index in [4.69, 9.17) is 19.9 Å². The van der Waals surface area contributed by atoms with E-state index in [0.29, 0.717) is 11.6 Å². The monoisotopic (exact) mass is 640 g/mol. The Hall–Kier alpha value is -6.26. The first-order chi connectivity index (χ1) is 24.8. The van der Waals surface area contributed by atoms with Gasteiger partial charge in [-0.25, -0.2) is 15.0 Å². The van der Waals surface area contributed by atoms with Gasteiger partial charge in [0, 0.05) is 34.2 Å². The normalized spacial score (nSPS) is 15.5. The van der Waals surface area contributed by atoms with E-state index in [2.05, 4.69) is 140 Å². The molecule has 0 saturated carbocycles. The van der Waals surface area contributed by atoms with Crippen LogP contribution in [0.2, 0.25) is 0 Å². The van der Waals surface area contributed by atoms with E-state index in [9.17, 15) is 0 Å². The molecule has 2 aromatic heterocycles. The third-order valence-corrected chi connectivity index (χ3v) is 10.3. The van der Waals surface area contributed by atoms with Crippen LogP contribution in [-0.4, -0.2) is 19.9 Å². The molecule has 0 radical (unpaired) electrons. The molecule has 2 aliphatic rings. The first-order valence-corrected chi connectivity index (χ1v) is 17.4. The summed E-state index contributed by atoms with van der Waals surface area (Å²) >= 11 is 0. The Labute approximate surface area is 290 Å². The molecule has 2 heterocycles. The SMILES string of the molecule is C1=Cc2cc(-c3nc(-c4cc5ccccc5c5ccccc45)nc(C4C=CC(c5cnc6ccccc6c5)=CC4)n3)c3ccccc3c2CC1. The highest BCUT2D eigenvalue weighted by molar-refractivity contribution is 6.13. The van der Waals surface area contributed by atoms with E-state index in [1.807, 2.05) is 12.3 Å². The zero-order valence-corrected chi connectivity index (χ0v) is 27.4. The lowest BCUT2D eigenvalue weighted by molar-refractivity contribution is 0.766. The maximum atomic E-state index is 5.32. The van der Waals surface area contributed by atoms with Crippen molar-refractivity contribution in [2.45, 2.75) is 25.2 Å². The Balaban J connectivity index is 1.15. The molecular formula is C46H32N4. The fourth-order valence-corrected chi connectivity index (χ4v) is 7.80. The van der Waals surface area contributed by atoms with Crippen molar-refractivity contribution in [2.75, 3.05) is 0 Å². The van der Waals surface area contributed by atoms with E-state index >= 15 is 0 Å². The van der Waals surface area contributed by atoms with E-state index in [1.165, 1.54) is 43.6 Å². The summed E-state index contributed by atoms with van der Waals surface area (Å²) < 4.78 is 0. The molecule has 236 valence electrons. The first kappa shape index (κ1) is 28.7. The smallest absolute Gasteiger partial charge is 0.164 e. The van der Waals surface area contributed by atoms with Gasteiger partial charge in [0.15, 0.2) is 11.6 Å². The van der Waals surface area contributed by atoms with Crippen LogP contribution < -0.4 is 0 Å². The van der Waals surface area contributed by atoms with Crippen molar-refractivity contribution in [1.82, 2.24) is 19.9 Å². The number of rotatable bonds is 4. The lowest BCUT2D eigenvalue weighted by atomic mass is 9.88. The molecule has 0 N–H and O–H groups in total. The molecule has 8 aromatic rings. The van der Waals surface area contributed by atoms with Crippen LogP contribution in [0.5, 0.6) is 0 Å². The maximum Gasteiger partial charge on any atom is 0.164 e. The Morgan fingerprint density at radius 3 is 2.06 bits per heavy atom. The summed E-state index contributed by atoms with van der Waals surface area (Å²) in [6.07, 6.45) is 16.1. The molecule has 0 amide bonds. The minimum absolute atomic E-state index is 0.00294. The third kappa shape index (κ3) is 4.83. The highest BCUT2D eigenvalue weighted by Crippen LogP contribution is 2.39. The Bertz CT molecular complexity index is 2750. The van der Waals surface area contributed by atoms with E-state index in [-0.39, 0.29) is 5.92 Å². The van der Waals surface area contributed by atoms with Gasteiger partial charge in [-0.3, -0.25) is 4.98 Å². The van der Waals surface area contributed by atoms with Crippen molar-refractivity contribution in [2.24, 2.45) is 0 Å². The Morgan fingerprint density at radius 2 is 1.26 bits per heavy atom. The van der Waals surface area contributed by atoms with Crippen molar-refractivity contribution in [3.63, 3.8) is 0 Å². The van der Waals surface area contributed by atoms with Crippen LogP contribution in [0.1, 0.15) is 41.3 Å². The van der Waals surface area contributed by atoms with E-state index in [1.54, 1.807) is 0 Å². The molecule has 0 spiro atoms. The molecule has 0 saturated heterocycles. The molecule has 10 rings (SSSR count). The van der Waals surface area contributed by atoms with Crippen LogP contribution >= 0.6 is 0 Å². The molecule has 0 fully saturated rings. The molecule has 6 aromatic carbocycles. The minimum atomic E-state index is 0.00294. The van der Waals surface area contributed by atoms with Crippen LogP contribution in [0.25, 0.3) is 77.6 Å². The molecular weight excluding hydrogens is 609 g/mol. The second-order valence-corrected chi connectivity index (χ2v) is 13.3. The minimum Gasteiger partial charge on any atom is -0.256 e. The molecule has 1 atom stereocenters. The second-order valence-electron chi connectivity index (χ2n) is 13.3. The predicted octanol–water partition coefficient (Wildman–Crippen LogP) is 11.3. The van der Waals surface area contributed by atoms with Gasteiger partial charge in [-0.2, -0.15) is 0 Å². The number of nitrogens with zero attached hydrogens (tertiary/aromatic N) is 4. The van der Waals surface area contributed by atoms with E-state index in [0.717, 1.165) is 58.1 Å². The first-order valence-electron chi connectivity index (χ1n) is 17.4. The molecule has 1 unspecified atom stereocenters. The molecule has 0 bridgehead atoms. The van der Waals surface area contributed by atoms with Gasteiger partial charge in [-0.1, -0.05) is 121 Å². The number of fused-ring (bicyclic) bond motifs is 7. The number of aryl methyl sites for hydroxylation is 1. The van der Waals surface area contributed by atoms with Crippen molar-refractivity contribution in [1.29, 1.82) is 0 Å². The molecule has 50 heavy (non-hydrogen) atoms. The third-order valence-electron chi connectivity index (χ3n) is 10.3. The van der Waals surface area contributed by atoms with E-state index < -0.39 is 0 Å². The van der Waals surface area contributed by atoms with Gasteiger partial charge in [-0.05, 0) is 92.5 Å². The van der Waals surface area contributed by atoms with Crippen LogP contribution in [-0.2, 0) is 6.42 Å². The van der Waals surface area contributed by atoms with Gasteiger partial charge in [0.25, 0.3) is 0 Å². The highest BCUT2D eigenvalue weighted by atomic mass is 15.0. The lowest BCUT2D eigenvalue weighted by Gasteiger charge is -2.20. The number of allylic oxidation sites excluding steroid dienone is 5. The van der Waals surface area contributed by atoms with Crippen LogP contribution in [0.4, 0.5) is 0 Å². The van der Waals surface area contributed by atoms with Gasteiger partial charge in [0.2, 0.25) is 0 Å². The van der Waals surface area contributed by atoms with Gasteiger partial charge in [-0.15, -0.1) is 0 Å². The standard InChI is InChI=1S/C46H32N4/c1-4-14-35-31(11-1)26-41(39-18-8-6-16-37(35)39)45-48-44(30-23-21-29(22-24-30)34-25-33-13-3-10-20-43(33)47-28-34)49-46(50-45)42-27-32-12-2-5-15-36(32)38-17-7-9-19-40(38)42/h1-4,6-14,16-23,25-28,30H,5,15,24H2. The summed E-state index contributed by atoms with van der Waals surface area (Å²) in [7, 11) is 0. The van der Waals surface area contributed by atoms with Crippen LogP contribution in [0.3, 0.4) is 0 Å². The second kappa shape index (κ2) is 11.7. The Kier molecular flexibility index (Phi) is 6.73. The summed E-state index contributed by atoms with van der Waals surface area (Å²) in [6, 6.07) is 40.9. The molecule has 2 aliphatic carbocycles. The largest absolute Gasteiger partial charge is 0.256 e. The quantitative estimate of drug-likeness (QED) is 0.180. The molecule has 4 nitrogen and oxygen atoms in total. The summed E-state index contributed by atoms with van der Waals surface area (Å²) in [5.41, 5.74) is 8.00. The van der Waals surface area contributed by atoms with Gasteiger partial charge >= 0.3 is 0 Å². The van der Waals surface area contributed by atoms with Crippen LogP contribution in [0, 0.1) is 0 Å². The predicted molar refractivity (Wildman–Crippen MR) is 207 cm³/mol. The fourth-order valence-electron chi connectivity index (χ4n) is 7.80. The summed E-state index contributed by atoms with van der Waals surface area (Å²) in [6.45, 7) is 0. The Morgan fingerprint density at radius 1 is 0.580 bits per heavy atom. The highest BCUT2D eigenvalue weighted by Gasteiger charge is 2.22. The van der Waals surface area contributed by atoms with Crippen molar-refractivity contribution >= 4 is 54.9 Å². The molecule has 4 heteroatoms. The zero-order chi connectivity index (χ0) is 33.0. The number of aromatic nitrogens is 4. The molecule has 0 aliphatic heterocycles. The number of pyridine rings is 1. The van der Waals surface area contributed by atoms with Gasteiger partial charge in [0.1, 0.15) is 5.82 Å². The fraction of sp³-hybridized carbons (Fsp3) is 0.0870. The average Bonchev–Trinajstić information content (AvgIpc) is 3.20. The number of benzene rings is 6. The van der Waals surface area contributed by atoms with Crippen molar-refractivity contribution in [3.8, 4) is 22.8 Å². The van der Waals surface area contributed by atoms with Crippen LogP contribution in [0.15, 0.2) is 146 Å². The topological polar surface area (TPSA) is 51.6 Å². The lowest BCUT2D eigenvalue weighted by Crippen LogP contribution is -2.09. The van der Waals surface area contributed by atoms with Crippen molar-refractivity contribution < 1.29 is 0 Å². The summed E-state index contributed by atoms with van der Waals surface area (Å²) in [5, 5.41) is 8.33. The van der Waals surface area contributed by atoms with Gasteiger partial charge < -0.3 is 0 Å². The average molecular weight is 641 g/mol.